The molecule has 0 radical (unpaired) electrons. The van der Waals surface area contributed by atoms with Crippen LogP contribution in [-0.4, -0.2) is 20.9 Å². The van der Waals surface area contributed by atoms with E-state index in [9.17, 15) is 4.79 Å². The zero-order valence-corrected chi connectivity index (χ0v) is 15.3. The second-order valence-corrected chi connectivity index (χ2v) is 6.85. The number of nitrogens with zero attached hydrogens (tertiary/aromatic N) is 3. The molecule has 3 aromatic rings. The molecule has 0 spiro atoms. The predicted molar refractivity (Wildman–Crippen MR) is 104 cm³/mol. The van der Waals surface area contributed by atoms with Crippen molar-refractivity contribution in [1.82, 2.24) is 15.0 Å². The number of carbonyl (C=O) groups excluding carboxylic acids is 1. The van der Waals surface area contributed by atoms with Crippen LogP contribution in [0.15, 0.2) is 59.6 Å². The highest BCUT2D eigenvalue weighted by Gasteiger charge is 2.36. The lowest BCUT2D eigenvalue weighted by Crippen LogP contribution is -2.27. The molecule has 1 fully saturated rings. The summed E-state index contributed by atoms with van der Waals surface area (Å²) in [6.45, 7) is 6.33. The molecule has 1 aliphatic rings. The Hall–Kier alpha value is -3.21. The van der Waals surface area contributed by atoms with Gasteiger partial charge in [0, 0.05) is 18.5 Å². The molecule has 0 aliphatic carbocycles. The highest BCUT2D eigenvalue weighted by atomic mass is 16.5. The van der Waals surface area contributed by atoms with Gasteiger partial charge in [-0.1, -0.05) is 65.8 Å². The van der Waals surface area contributed by atoms with Crippen molar-refractivity contribution < 1.29 is 9.32 Å². The van der Waals surface area contributed by atoms with Crippen LogP contribution >= 0.6 is 0 Å². The minimum absolute atomic E-state index is 0.114. The number of hydrogen-bond donors (Lipinski definition) is 0. The Labute approximate surface area is 158 Å². The van der Waals surface area contributed by atoms with E-state index in [-0.39, 0.29) is 11.9 Å². The highest BCUT2D eigenvalue weighted by molar-refractivity contribution is 5.79. The van der Waals surface area contributed by atoms with Crippen LogP contribution in [0.4, 0.5) is 0 Å². The SMILES string of the molecule is C=Cc1ccc(CN2C(=O)CCC2c2nc(-c3cccc(C)c3)no2)cc1. The molecule has 27 heavy (non-hydrogen) atoms. The van der Waals surface area contributed by atoms with Gasteiger partial charge in [0.1, 0.15) is 6.04 Å². The van der Waals surface area contributed by atoms with E-state index in [1.165, 1.54) is 0 Å². The topological polar surface area (TPSA) is 59.2 Å². The van der Waals surface area contributed by atoms with E-state index in [2.05, 4.69) is 16.7 Å². The first-order valence-electron chi connectivity index (χ1n) is 9.05. The summed E-state index contributed by atoms with van der Waals surface area (Å²) < 4.78 is 5.53. The van der Waals surface area contributed by atoms with Crippen LogP contribution in [-0.2, 0) is 11.3 Å². The van der Waals surface area contributed by atoms with Crippen molar-refractivity contribution in [2.75, 3.05) is 0 Å². The van der Waals surface area contributed by atoms with Gasteiger partial charge in [0.2, 0.25) is 17.6 Å². The molecule has 1 atom stereocenters. The van der Waals surface area contributed by atoms with Crippen LogP contribution in [0.25, 0.3) is 17.5 Å². The maximum Gasteiger partial charge on any atom is 0.249 e. The maximum atomic E-state index is 12.4. The molecule has 2 aromatic carbocycles. The lowest BCUT2D eigenvalue weighted by molar-refractivity contribution is -0.129. The van der Waals surface area contributed by atoms with Crippen molar-refractivity contribution in [3.05, 3.63) is 77.7 Å². The summed E-state index contributed by atoms with van der Waals surface area (Å²) in [4.78, 5) is 18.8. The predicted octanol–water partition coefficient (Wildman–Crippen LogP) is 4.55. The lowest BCUT2D eigenvalue weighted by atomic mass is 10.1. The zero-order valence-electron chi connectivity index (χ0n) is 15.3. The molecule has 0 bridgehead atoms. The van der Waals surface area contributed by atoms with Gasteiger partial charge in [0.05, 0.1) is 0 Å². The molecular weight excluding hydrogens is 338 g/mol. The fraction of sp³-hybridized carbons (Fsp3) is 0.227. The number of rotatable bonds is 5. The van der Waals surface area contributed by atoms with Gasteiger partial charge in [-0.3, -0.25) is 4.79 Å². The van der Waals surface area contributed by atoms with E-state index in [1.54, 1.807) is 6.08 Å². The number of carbonyl (C=O) groups is 1. The van der Waals surface area contributed by atoms with E-state index in [1.807, 2.05) is 60.4 Å². The average Bonchev–Trinajstić information content (AvgIpc) is 3.30. The van der Waals surface area contributed by atoms with Gasteiger partial charge < -0.3 is 9.42 Å². The van der Waals surface area contributed by atoms with Gasteiger partial charge in [-0.05, 0) is 30.5 Å². The fourth-order valence-electron chi connectivity index (χ4n) is 3.42. The van der Waals surface area contributed by atoms with E-state index in [4.69, 9.17) is 4.52 Å². The van der Waals surface area contributed by atoms with Crippen LogP contribution in [0.3, 0.4) is 0 Å². The van der Waals surface area contributed by atoms with Crippen LogP contribution in [0.5, 0.6) is 0 Å². The van der Waals surface area contributed by atoms with Crippen molar-refractivity contribution in [1.29, 1.82) is 0 Å². The molecular formula is C22H21N3O2. The third kappa shape index (κ3) is 3.53. The Balaban J connectivity index is 1.56. The third-order valence-corrected chi connectivity index (χ3v) is 4.90. The molecule has 136 valence electrons. The average molecular weight is 359 g/mol. The number of aryl methyl sites for hydroxylation is 1. The monoisotopic (exact) mass is 359 g/mol. The Kier molecular flexibility index (Phi) is 4.59. The van der Waals surface area contributed by atoms with Crippen LogP contribution in [0.2, 0.25) is 0 Å². The molecule has 1 aromatic heterocycles. The molecule has 5 heteroatoms. The molecule has 1 aliphatic heterocycles. The first-order chi connectivity index (χ1) is 13.1. The second kappa shape index (κ2) is 7.19. The van der Waals surface area contributed by atoms with Crippen LogP contribution in [0.1, 0.15) is 41.5 Å². The molecule has 5 nitrogen and oxygen atoms in total. The first-order valence-corrected chi connectivity index (χ1v) is 9.05. The quantitative estimate of drug-likeness (QED) is 0.670. The lowest BCUT2D eigenvalue weighted by Gasteiger charge is -2.22. The van der Waals surface area contributed by atoms with Crippen molar-refractivity contribution in [2.24, 2.45) is 0 Å². The smallest absolute Gasteiger partial charge is 0.249 e. The van der Waals surface area contributed by atoms with Crippen molar-refractivity contribution in [3.63, 3.8) is 0 Å². The Bertz CT molecular complexity index is 975. The number of hydrogen-bond acceptors (Lipinski definition) is 4. The molecule has 1 amide bonds. The molecule has 4 rings (SSSR count). The van der Waals surface area contributed by atoms with Gasteiger partial charge >= 0.3 is 0 Å². The van der Waals surface area contributed by atoms with Gasteiger partial charge in [-0.15, -0.1) is 0 Å². The molecule has 2 heterocycles. The summed E-state index contributed by atoms with van der Waals surface area (Å²) in [5.41, 5.74) is 4.18. The summed E-state index contributed by atoms with van der Waals surface area (Å²) in [5.74, 6) is 1.17. The van der Waals surface area contributed by atoms with E-state index in [0.717, 1.165) is 22.3 Å². The minimum Gasteiger partial charge on any atom is -0.337 e. The number of likely N-dealkylation sites (tertiary alicyclic amines) is 1. The van der Waals surface area contributed by atoms with Gasteiger partial charge in [-0.2, -0.15) is 4.98 Å². The Morgan fingerprint density at radius 3 is 2.81 bits per heavy atom. The number of aromatic nitrogens is 2. The van der Waals surface area contributed by atoms with Crippen LogP contribution < -0.4 is 0 Å². The molecule has 0 N–H and O–H groups in total. The van der Waals surface area contributed by atoms with Gasteiger partial charge in [0.15, 0.2) is 0 Å². The number of amides is 1. The second-order valence-electron chi connectivity index (χ2n) is 6.85. The summed E-state index contributed by atoms with van der Waals surface area (Å²) in [6.07, 6.45) is 3.00. The van der Waals surface area contributed by atoms with E-state index < -0.39 is 0 Å². The fourth-order valence-corrected chi connectivity index (χ4v) is 3.42. The summed E-state index contributed by atoms with van der Waals surface area (Å²) >= 11 is 0. The van der Waals surface area contributed by atoms with E-state index in [0.29, 0.717) is 31.1 Å². The van der Waals surface area contributed by atoms with Crippen molar-refractivity contribution >= 4 is 12.0 Å². The van der Waals surface area contributed by atoms with Gasteiger partial charge in [0.25, 0.3) is 0 Å². The Morgan fingerprint density at radius 1 is 1.26 bits per heavy atom. The Morgan fingerprint density at radius 2 is 2.07 bits per heavy atom. The zero-order chi connectivity index (χ0) is 18.8. The molecule has 0 saturated carbocycles. The van der Waals surface area contributed by atoms with Crippen molar-refractivity contribution in [3.8, 4) is 11.4 Å². The highest BCUT2D eigenvalue weighted by Crippen LogP contribution is 2.34. The standard InChI is InChI=1S/C22H21N3O2/c1-3-16-7-9-17(10-8-16)14-25-19(11-12-20(25)26)22-23-21(24-27-22)18-6-4-5-15(2)13-18/h3-10,13,19H,1,11-12,14H2,2H3. The summed E-state index contributed by atoms with van der Waals surface area (Å²) in [5, 5.41) is 4.13. The molecule has 1 unspecified atom stereocenters. The van der Waals surface area contributed by atoms with Crippen molar-refractivity contribution in [2.45, 2.75) is 32.4 Å². The summed E-state index contributed by atoms with van der Waals surface area (Å²) in [6, 6.07) is 15.8. The normalized spacial score (nSPS) is 16.7. The molecule has 1 saturated heterocycles. The first kappa shape index (κ1) is 17.2. The number of benzene rings is 2. The van der Waals surface area contributed by atoms with E-state index >= 15 is 0 Å². The van der Waals surface area contributed by atoms with Crippen LogP contribution in [0, 0.1) is 6.92 Å². The van der Waals surface area contributed by atoms with Gasteiger partial charge in [-0.25, -0.2) is 0 Å². The minimum atomic E-state index is -0.178. The third-order valence-electron chi connectivity index (χ3n) is 4.90. The maximum absolute atomic E-state index is 12.4. The summed E-state index contributed by atoms with van der Waals surface area (Å²) in [7, 11) is 0. The largest absolute Gasteiger partial charge is 0.337 e.